The lowest BCUT2D eigenvalue weighted by Crippen LogP contribution is -2.38. The zero-order chi connectivity index (χ0) is 21.6. The molecule has 5 nitrogen and oxygen atoms in total. The molecule has 1 unspecified atom stereocenters. The van der Waals surface area contributed by atoms with Crippen LogP contribution in [0.1, 0.15) is 16.7 Å². The second-order valence-electron chi connectivity index (χ2n) is 6.15. The van der Waals surface area contributed by atoms with Crippen molar-refractivity contribution in [3.63, 3.8) is 0 Å². The van der Waals surface area contributed by atoms with Crippen molar-refractivity contribution in [1.29, 1.82) is 0 Å². The quantitative estimate of drug-likeness (QED) is 0.311. The first-order chi connectivity index (χ1) is 13.5. The van der Waals surface area contributed by atoms with Crippen molar-refractivity contribution in [2.24, 2.45) is 0 Å². The van der Waals surface area contributed by atoms with Gasteiger partial charge in [0.1, 0.15) is 5.75 Å². The Balaban J connectivity index is 2.56. The Kier molecular flexibility index (Phi) is 5.98. The first-order valence-electron chi connectivity index (χ1n) is 7.88. The zero-order valence-corrected chi connectivity index (χ0v) is 18.1. The van der Waals surface area contributed by atoms with Gasteiger partial charge in [-0.2, -0.15) is 8.42 Å². The Bertz CT molecular complexity index is 1150. The molecule has 0 saturated carbocycles. The molecule has 1 atom stereocenters. The predicted molar refractivity (Wildman–Crippen MR) is 114 cm³/mol. The van der Waals surface area contributed by atoms with E-state index in [1.54, 1.807) is 0 Å². The maximum absolute atomic E-state index is 12.9. The fourth-order valence-corrected chi connectivity index (χ4v) is 5.29. The summed E-state index contributed by atoms with van der Waals surface area (Å²) in [6, 6.07) is 11.6. The molecule has 0 heterocycles. The molecule has 0 aliphatic heterocycles. The maximum atomic E-state index is 12.9. The highest BCUT2D eigenvalue weighted by molar-refractivity contribution is 7.87. The third-order valence-corrected chi connectivity index (χ3v) is 6.88. The second-order valence-corrected chi connectivity index (χ2v) is 9.40. The van der Waals surface area contributed by atoms with E-state index < -0.39 is 20.6 Å². The third-order valence-electron chi connectivity index (χ3n) is 4.35. The van der Waals surface area contributed by atoms with Gasteiger partial charge in [0, 0.05) is 10.0 Å². The Morgan fingerprint density at radius 3 is 1.69 bits per heavy atom. The summed E-state index contributed by atoms with van der Waals surface area (Å²) in [5, 5.41) is 19.8. The van der Waals surface area contributed by atoms with Crippen LogP contribution < -0.4 is 0 Å². The number of phenolic OH excluding ortho intramolecular Hbond substituents is 2. The molecule has 0 aliphatic rings. The van der Waals surface area contributed by atoms with Crippen LogP contribution >= 0.6 is 46.4 Å². The number of benzene rings is 3. The Morgan fingerprint density at radius 1 is 0.690 bits per heavy atom. The highest BCUT2D eigenvalue weighted by atomic mass is 35.5. The summed E-state index contributed by atoms with van der Waals surface area (Å²) in [5.41, 5.74) is -0.0918. The number of aromatic hydroxyl groups is 2. The van der Waals surface area contributed by atoms with E-state index >= 15 is 0 Å². The van der Waals surface area contributed by atoms with Crippen molar-refractivity contribution in [3.05, 3.63) is 91.4 Å². The second kappa shape index (κ2) is 7.87. The molecule has 0 aromatic heterocycles. The van der Waals surface area contributed by atoms with Gasteiger partial charge in [0.05, 0.1) is 10.0 Å². The number of rotatable bonds is 4. The summed E-state index contributed by atoms with van der Waals surface area (Å²) >= 11 is 24.0. The molecule has 152 valence electrons. The molecule has 3 N–H and O–H groups in total. The van der Waals surface area contributed by atoms with Gasteiger partial charge in [-0.15, -0.1) is 0 Å². The van der Waals surface area contributed by atoms with Crippen molar-refractivity contribution in [2.45, 2.75) is 4.75 Å². The minimum absolute atomic E-state index is 0.0259. The molecule has 0 aliphatic carbocycles. The van der Waals surface area contributed by atoms with E-state index in [9.17, 15) is 23.2 Å². The van der Waals surface area contributed by atoms with E-state index in [0.717, 1.165) is 18.2 Å². The van der Waals surface area contributed by atoms with E-state index in [-0.39, 0.29) is 37.5 Å². The van der Waals surface area contributed by atoms with Crippen LogP contribution in [0.4, 0.5) is 0 Å². The fraction of sp³-hybridized carbons (Fsp3) is 0.0526. The van der Waals surface area contributed by atoms with Gasteiger partial charge in [0.25, 0.3) is 10.1 Å². The summed E-state index contributed by atoms with van der Waals surface area (Å²) in [7, 11) is -4.99. The standard InChI is InChI=1S/C19H12Cl4O5S/c20-13-3-1-10(2-4-13)19(29(26,27)28,11-5-14(21)9-15(24)6-11)12-7-16(22)18(25)17(23)8-12/h1-9,24-25H,(H,26,27,28). The maximum Gasteiger partial charge on any atom is 0.283 e. The average Bonchev–Trinajstić information content (AvgIpc) is 2.59. The number of phenols is 2. The van der Waals surface area contributed by atoms with Gasteiger partial charge < -0.3 is 10.2 Å². The molecule has 0 saturated heterocycles. The van der Waals surface area contributed by atoms with Crippen LogP contribution in [0.3, 0.4) is 0 Å². The lowest BCUT2D eigenvalue weighted by atomic mass is 9.84. The molecule has 10 heteroatoms. The van der Waals surface area contributed by atoms with Crippen LogP contribution in [-0.2, 0) is 14.9 Å². The Labute approximate surface area is 186 Å². The summed E-state index contributed by atoms with van der Waals surface area (Å²) < 4.78 is 34.0. The monoisotopic (exact) mass is 492 g/mol. The van der Waals surface area contributed by atoms with Crippen molar-refractivity contribution >= 4 is 56.5 Å². The smallest absolute Gasteiger partial charge is 0.283 e. The minimum Gasteiger partial charge on any atom is -0.508 e. The molecule has 0 radical (unpaired) electrons. The predicted octanol–water partition coefficient (Wildman–Crippen LogP) is 5.89. The number of hydrogen-bond donors (Lipinski definition) is 3. The number of hydrogen-bond acceptors (Lipinski definition) is 4. The Hall–Kier alpha value is -1.67. The van der Waals surface area contributed by atoms with Gasteiger partial charge in [-0.3, -0.25) is 4.55 Å². The van der Waals surface area contributed by atoms with Crippen molar-refractivity contribution in [1.82, 2.24) is 0 Å². The molecular weight excluding hydrogens is 482 g/mol. The van der Waals surface area contributed by atoms with Crippen LogP contribution in [-0.4, -0.2) is 23.2 Å². The molecule has 0 fully saturated rings. The first kappa shape index (κ1) is 22.0. The molecule has 3 aromatic rings. The average molecular weight is 494 g/mol. The lowest BCUT2D eigenvalue weighted by Gasteiger charge is -2.33. The fourth-order valence-electron chi connectivity index (χ4n) is 3.18. The Morgan fingerprint density at radius 2 is 1.21 bits per heavy atom. The van der Waals surface area contributed by atoms with Gasteiger partial charge in [-0.25, -0.2) is 0 Å². The van der Waals surface area contributed by atoms with E-state index in [2.05, 4.69) is 0 Å². The van der Waals surface area contributed by atoms with Crippen molar-refractivity contribution in [3.8, 4) is 11.5 Å². The van der Waals surface area contributed by atoms with Crippen molar-refractivity contribution in [2.75, 3.05) is 0 Å². The van der Waals surface area contributed by atoms with Gasteiger partial charge >= 0.3 is 0 Å². The van der Waals surface area contributed by atoms with Crippen LogP contribution in [0.15, 0.2) is 54.6 Å². The summed E-state index contributed by atoms with van der Waals surface area (Å²) in [6.07, 6.45) is 0. The first-order valence-corrected chi connectivity index (χ1v) is 10.8. The van der Waals surface area contributed by atoms with Gasteiger partial charge in [0.2, 0.25) is 0 Å². The molecule has 29 heavy (non-hydrogen) atoms. The largest absolute Gasteiger partial charge is 0.508 e. The van der Waals surface area contributed by atoms with Crippen LogP contribution in [0, 0.1) is 0 Å². The third kappa shape index (κ3) is 3.89. The van der Waals surface area contributed by atoms with E-state index in [4.69, 9.17) is 46.4 Å². The van der Waals surface area contributed by atoms with E-state index in [0.29, 0.717) is 5.02 Å². The molecule has 0 bridgehead atoms. The topological polar surface area (TPSA) is 94.8 Å². The van der Waals surface area contributed by atoms with Crippen LogP contribution in [0.25, 0.3) is 0 Å². The van der Waals surface area contributed by atoms with E-state index in [1.165, 1.54) is 36.4 Å². The normalized spacial score (nSPS) is 13.8. The molecule has 3 rings (SSSR count). The van der Waals surface area contributed by atoms with Crippen LogP contribution in [0.2, 0.25) is 20.1 Å². The highest BCUT2D eigenvalue weighted by Crippen LogP contribution is 2.48. The summed E-state index contributed by atoms with van der Waals surface area (Å²) in [6.45, 7) is 0. The summed E-state index contributed by atoms with van der Waals surface area (Å²) in [5.74, 6) is -0.781. The van der Waals surface area contributed by atoms with Gasteiger partial charge in [-0.1, -0.05) is 58.5 Å². The minimum atomic E-state index is -4.99. The number of halogens is 4. The molecule has 0 spiro atoms. The van der Waals surface area contributed by atoms with Crippen molar-refractivity contribution < 1.29 is 23.2 Å². The molecule has 3 aromatic carbocycles. The lowest BCUT2D eigenvalue weighted by molar-refractivity contribution is 0.455. The zero-order valence-electron chi connectivity index (χ0n) is 14.3. The summed E-state index contributed by atoms with van der Waals surface area (Å²) in [4.78, 5) is 0. The van der Waals surface area contributed by atoms with Gasteiger partial charge in [0.15, 0.2) is 10.5 Å². The van der Waals surface area contributed by atoms with Gasteiger partial charge in [-0.05, 0) is 59.2 Å². The molecular formula is C19H12Cl4O5S. The molecule has 0 amide bonds. The highest BCUT2D eigenvalue weighted by Gasteiger charge is 2.49. The SMILES string of the molecule is O=S(=O)(O)C(c1ccc(Cl)cc1)(c1cc(O)cc(Cl)c1)c1cc(Cl)c(O)c(Cl)c1. The van der Waals surface area contributed by atoms with Crippen LogP contribution in [0.5, 0.6) is 11.5 Å². The van der Waals surface area contributed by atoms with E-state index in [1.807, 2.05) is 0 Å².